The molecule has 2 rings (SSSR count). The van der Waals surface area contributed by atoms with Crippen molar-refractivity contribution in [3.63, 3.8) is 0 Å². The topological polar surface area (TPSA) is 89.3 Å². The van der Waals surface area contributed by atoms with Gasteiger partial charge >= 0.3 is 0 Å². The Bertz CT molecular complexity index is 548. The molecular formula is C13H18N2O3S. The first-order valence-electron chi connectivity index (χ1n) is 6.38. The molecular weight excluding hydrogens is 264 g/mol. The van der Waals surface area contributed by atoms with E-state index in [4.69, 9.17) is 5.14 Å². The summed E-state index contributed by atoms with van der Waals surface area (Å²) in [4.78, 5) is 11.8. The fraction of sp³-hybridized carbons (Fsp3) is 0.462. The summed E-state index contributed by atoms with van der Waals surface area (Å²) in [6.45, 7) is 0.659. The molecule has 0 aromatic heterocycles. The fourth-order valence-corrected chi connectivity index (χ4v) is 2.41. The van der Waals surface area contributed by atoms with Crippen molar-refractivity contribution in [1.29, 1.82) is 0 Å². The number of benzene rings is 1. The first kappa shape index (κ1) is 14.0. The third-order valence-electron chi connectivity index (χ3n) is 3.22. The van der Waals surface area contributed by atoms with Gasteiger partial charge in [-0.05, 0) is 43.0 Å². The third-order valence-corrected chi connectivity index (χ3v) is 4.15. The number of sulfonamides is 1. The zero-order chi connectivity index (χ0) is 13.9. The van der Waals surface area contributed by atoms with E-state index in [0.717, 1.165) is 12.3 Å². The van der Waals surface area contributed by atoms with Crippen LogP contribution in [-0.4, -0.2) is 20.9 Å². The number of hydrogen-bond donors (Lipinski definition) is 2. The quantitative estimate of drug-likeness (QED) is 0.770. The second-order valence-electron chi connectivity index (χ2n) is 4.91. The number of nitrogens with one attached hydrogen (secondary N) is 1. The highest BCUT2D eigenvalue weighted by Gasteiger charge is 2.20. The Morgan fingerprint density at radius 2 is 1.89 bits per heavy atom. The van der Waals surface area contributed by atoms with Gasteiger partial charge in [0, 0.05) is 12.1 Å². The number of nitrogens with two attached hydrogens (primary N) is 1. The summed E-state index contributed by atoms with van der Waals surface area (Å²) in [7, 11) is -3.70. The van der Waals surface area contributed by atoms with Crippen LogP contribution in [0.25, 0.3) is 0 Å². The lowest BCUT2D eigenvalue weighted by Crippen LogP contribution is -2.24. The van der Waals surface area contributed by atoms with Gasteiger partial charge in [-0.15, -0.1) is 0 Å². The second kappa shape index (κ2) is 5.71. The van der Waals surface area contributed by atoms with Gasteiger partial charge in [0.2, 0.25) is 10.0 Å². The van der Waals surface area contributed by atoms with E-state index >= 15 is 0 Å². The molecule has 0 saturated heterocycles. The molecule has 1 saturated carbocycles. The van der Waals surface area contributed by atoms with Gasteiger partial charge in [-0.2, -0.15) is 0 Å². The molecule has 1 fully saturated rings. The summed E-state index contributed by atoms with van der Waals surface area (Å²) >= 11 is 0. The first-order chi connectivity index (χ1) is 8.97. The van der Waals surface area contributed by atoms with E-state index in [1.54, 1.807) is 0 Å². The van der Waals surface area contributed by atoms with Crippen LogP contribution in [0.5, 0.6) is 0 Å². The smallest absolute Gasteiger partial charge is 0.251 e. The molecule has 19 heavy (non-hydrogen) atoms. The highest BCUT2D eigenvalue weighted by atomic mass is 32.2. The maximum atomic E-state index is 11.8. The van der Waals surface area contributed by atoms with Crippen molar-refractivity contribution in [2.75, 3.05) is 6.54 Å². The second-order valence-corrected chi connectivity index (χ2v) is 6.47. The van der Waals surface area contributed by atoms with Gasteiger partial charge in [-0.1, -0.05) is 12.8 Å². The molecule has 0 atom stereocenters. The van der Waals surface area contributed by atoms with Crippen molar-refractivity contribution >= 4 is 15.9 Å². The Balaban J connectivity index is 1.84. The highest BCUT2D eigenvalue weighted by Crippen LogP contribution is 2.33. The van der Waals surface area contributed by atoms with E-state index < -0.39 is 10.0 Å². The standard InChI is InChI=1S/C13H18N2O3S/c14-19(17,18)12-7-5-11(6-8-12)13(16)15-9-1-2-10-3-4-10/h5-8,10H,1-4,9H2,(H,15,16)(H2,14,17,18). The maximum absolute atomic E-state index is 11.8. The molecule has 0 heterocycles. The van der Waals surface area contributed by atoms with Crippen LogP contribution in [0.1, 0.15) is 36.0 Å². The molecule has 0 aliphatic heterocycles. The molecule has 1 aliphatic carbocycles. The Morgan fingerprint density at radius 1 is 1.26 bits per heavy atom. The molecule has 1 amide bonds. The van der Waals surface area contributed by atoms with Crippen LogP contribution in [0, 0.1) is 5.92 Å². The van der Waals surface area contributed by atoms with Crippen molar-refractivity contribution in [2.24, 2.45) is 11.1 Å². The van der Waals surface area contributed by atoms with Crippen LogP contribution in [0.15, 0.2) is 29.2 Å². The van der Waals surface area contributed by atoms with Crippen LogP contribution >= 0.6 is 0 Å². The third kappa shape index (κ3) is 4.33. The van der Waals surface area contributed by atoms with E-state index in [9.17, 15) is 13.2 Å². The molecule has 5 nitrogen and oxygen atoms in total. The SMILES string of the molecule is NS(=O)(=O)c1ccc(C(=O)NCCCC2CC2)cc1. The van der Waals surface area contributed by atoms with Gasteiger partial charge in [-0.25, -0.2) is 13.6 Å². The predicted octanol–water partition coefficient (Wildman–Crippen LogP) is 1.25. The van der Waals surface area contributed by atoms with Crippen molar-refractivity contribution in [3.05, 3.63) is 29.8 Å². The Morgan fingerprint density at radius 3 is 2.42 bits per heavy atom. The lowest BCUT2D eigenvalue weighted by atomic mass is 10.2. The van der Waals surface area contributed by atoms with Gasteiger partial charge in [-0.3, -0.25) is 4.79 Å². The molecule has 0 unspecified atom stereocenters. The Kier molecular flexibility index (Phi) is 4.21. The number of primary sulfonamides is 1. The lowest BCUT2D eigenvalue weighted by molar-refractivity contribution is 0.0952. The number of hydrogen-bond acceptors (Lipinski definition) is 3. The molecule has 1 aliphatic rings. The predicted molar refractivity (Wildman–Crippen MR) is 72.1 cm³/mol. The summed E-state index contributed by atoms with van der Waals surface area (Å²) in [6.07, 6.45) is 4.81. The number of amides is 1. The van der Waals surface area contributed by atoms with Gasteiger partial charge < -0.3 is 5.32 Å². The largest absolute Gasteiger partial charge is 0.352 e. The van der Waals surface area contributed by atoms with Gasteiger partial charge in [0.25, 0.3) is 5.91 Å². The normalized spacial score (nSPS) is 15.2. The molecule has 0 radical (unpaired) electrons. The van der Waals surface area contributed by atoms with Crippen molar-refractivity contribution in [3.8, 4) is 0 Å². The minimum atomic E-state index is -3.70. The monoisotopic (exact) mass is 282 g/mol. The number of carbonyl (C=O) groups is 1. The lowest BCUT2D eigenvalue weighted by Gasteiger charge is -2.05. The van der Waals surface area contributed by atoms with Crippen LogP contribution < -0.4 is 10.5 Å². The van der Waals surface area contributed by atoms with Crippen molar-refractivity contribution in [1.82, 2.24) is 5.32 Å². The van der Waals surface area contributed by atoms with Crippen LogP contribution in [0.2, 0.25) is 0 Å². The molecule has 3 N–H and O–H groups in total. The zero-order valence-electron chi connectivity index (χ0n) is 10.6. The summed E-state index contributed by atoms with van der Waals surface area (Å²) < 4.78 is 22.1. The molecule has 0 spiro atoms. The van der Waals surface area contributed by atoms with E-state index in [1.807, 2.05) is 0 Å². The molecule has 104 valence electrons. The van der Waals surface area contributed by atoms with E-state index in [0.29, 0.717) is 12.1 Å². The van der Waals surface area contributed by atoms with E-state index in [-0.39, 0.29) is 10.8 Å². The van der Waals surface area contributed by atoms with Crippen LogP contribution in [0.3, 0.4) is 0 Å². The zero-order valence-corrected chi connectivity index (χ0v) is 11.4. The Hall–Kier alpha value is -1.40. The molecule has 1 aromatic rings. The van der Waals surface area contributed by atoms with Gasteiger partial charge in [0.15, 0.2) is 0 Å². The average Bonchev–Trinajstić information content (AvgIpc) is 3.17. The average molecular weight is 282 g/mol. The Labute approximate surface area is 113 Å². The summed E-state index contributed by atoms with van der Waals surface area (Å²) in [6, 6.07) is 5.62. The summed E-state index contributed by atoms with van der Waals surface area (Å²) in [5.41, 5.74) is 0.443. The highest BCUT2D eigenvalue weighted by molar-refractivity contribution is 7.89. The summed E-state index contributed by atoms with van der Waals surface area (Å²) in [5.74, 6) is 0.683. The van der Waals surface area contributed by atoms with Gasteiger partial charge in [0.1, 0.15) is 0 Å². The van der Waals surface area contributed by atoms with Crippen molar-refractivity contribution < 1.29 is 13.2 Å². The number of rotatable bonds is 6. The molecule has 1 aromatic carbocycles. The molecule has 0 bridgehead atoms. The first-order valence-corrected chi connectivity index (χ1v) is 7.92. The van der Waals surface area contributed by atoms with E-state index in [1.165, 1.54) is 43.5 Å². The maximum Gasteiger partial charge on any atom is 0.251 e. The van der Waals surface area contributed by atoms with Crippen molar-refractivity contribution in [2.45, 2.75) is 30.6 Å². The minimum absolute atomic E-state index is 0.0118. The van der Waals surface area contributed by atoms with Gasteiger partial charge in [0.05, 0.1) is 4.90 Å². The van der Waals surface area contributed by atoms with Crippen LogP contribution in [-0.2, 0) is 10.0 Å². The van der Waals surface area contributed by atoms with Crippen LogP contribution in [0.4, 0.5) is 0 Å². The van der Waals surface area contributed by atoms with E-state index in [2.05, 4.69) is 5.32 Å². The molecule has 6 heteroatoms. The fourth-order valence-electron chi connectivity index (χ4n) is 1.90. The minimum Gasteiger partial charge on any atom is -0.352 e. The number of carbonyl (C=O) groups excluding carboxylic acids is 1. The summed E-state index contributed by atoms with van der Waals surface area (Å²) in [5, 5.41) is 7.81.